The molecule has 1 fully saturated rings. The van der Waals surface area contributed by atoms with Crippen LogP contribution in [0.5, 0.6) is 0 Å². The number of nitrogens with one attached hydrogen (secondary N) is 1. The minimum atomic E-state index is -0.720. The van der Waals surface area contributed by atoms with Gasteiger partial charge in [-0.15, -0.1) is 0 Å². The Bertz CT molecular complexity index is 1110. The van der Waals surface area contributed by atoms with Crippen LogP contribution in [0.2, 0.25) is 0 Å². The highest BCUT2D eigenvalue weighted by molar-refractivity contribution is 5.94. The Kier molecular flexibility index (Phi) is 6.30. The number of halogens is 2. The molecule has 32 heavy (non-hydrogen) atoms. The van der Waals surface area contributed by atoms with Crippen LogP contribution in [0.3, 0.4) is 0 Å². The van der Waals surface area contributed by atoms with Gasteiger partial charge in [0.05, 0.1) is 0 Å². The largest absolute Gasteiger partial charge is 0.342 e. The van der Waals surface area contributed by atoms with Crippen molar-refractivity contribution in [3.8, 4) is 0 Å². The van der Waals surface area contributed by atoms with Crippen molar-refractivity contribution in [1.29, 1.82) is 0 Å². The molecule has 3 aromatic rings. The SMILES string of the molecule is Cn1ccnc1C(NC(=O)C1CCN(C(=O)c2ccc(F)cc2)CC1)c1ccccc1F. The van der Waals surface area contributed by atoms with E-state index in [1.165, 1.54) is 30.3 Å². The third-order valence-corrected chi connectivity index (χ3v) is 5.86. The van der Waals surface area contributed by atoms with Gasteiger partial charge in [0.15, 0.2) is 0 Å². The Morgan fingerprint density at radius 1 is 1.06 bits per heavy atom. The Hall–Kier alpha value is -3.55. The summed E-state index contributed by atoms with van der Waals surface area (Å²) in [7, 11) is 1.79. The van der Waals surface area contributed by atoms with Crippen LogP contribution in [0.1, 0.15) is 40.6 Å². The Labute approximate surface area is 184 Å². The first kappa shape index (κ1) is 21.7. The van der Waals surface area contributed by atoms with Gasteiger partial charge in [0, 0.05) is 49.6 Å². The van der Waals surface area contributed by atoms with Crippen LogP contribution in [0.4, 0.5) is 8.78 Å². The number of imidazole rings is 1. The molecule has 0 saturated carbocycles. The number of aromatic nitrogens is 2. The number of piperidine rings is 1. The molecule has 1 aliphatic rings. The van der Waals surface area contributed by atoms with Gasteiger partial charge < -0.3 is 14.8 Å². The Morgan fingerprint density at radius 2 is 1.75 bits per heavy atom. The quantitative estimate of drug-likeness (QED) is 0.664. The number of benzene rings is 2. The molecule has 2 heterocycles. The summed E-state index contributed by atoms with van der Waals surface area (Å²) in [4.78, 5) is 31.7. The zero-order chi connectivity index (χ0) is 22.7. The summed E-state index contributed by atoms with van der Waals surface area (Å²) in [6.07, 6.45) is 4.33. The van der Waals surface area contributed by atoms with E-state index in [1.54, 1.807) is 47.1 Å². The van der Waals surface area contributed by atoms with Gasteiger partial charge in [-0.2, -0.15) is 0 Å². The fourth-order valence-corrected chi connectivity index (χ4v) is 4.03. The first-order valence-electron chi connectivity index (χ1n) is 10.5. The van der Waals surface area contributed by atoms with Gasteiger partial charge in [0.1, 0.15) is 23.5 Å². The second kappa shape index (κ2) is 9.30. The number of hydrogen-bond acceptors (Lipinski definition) is 3. The van der Waals surface area contributed by atoms with E-state index >= 15 is 0 Å². The van der Waals surface area contributed by atoms with E-state index in [0.29, 0.717) is 42.9 Å². The molecule has 1 unspecified atom stereocenters. The zero-order valence-corrected chi connectivity index (χ0v) is 17.7. The molecule has 0 aliphatic carbocycles. The second-order valence-corrected chi connectivity index (χ2v) is 7.93. The van der Waals surface area contributed by atoms with Crippen molar-refractivity contribution in [2.24, 2.45) is 13.0 Å². The molecule has 4 rings (SSSR count). The highest BCUT2D eigenvalue weighted by atomic mass is 19.1. The van der Waals surface area contributed by atoms with Gasteiger partial charge in [-0.25, -0.2) is 13.8 Å². The molecule has 8 heteroatoms. The predicted molar refractivity (Wildman–Crippen MR) is 115 cm³/mol. The number of rotatable bonds is 5. The molecular formula is C24H24F2N4O2. The maximum absolute atomic E-state index is 14.5. The molecule has 1 aliphatic heterocycles. The third kappa shape index (κ3) is 4.54. The van der Waals surface area contributed by atoms with E-state index < -0.39 is 17.7 Å². The van der Waals surface area contributed by atoms with Crippen LogP contribution in [-0.4, -0.2) is 39.4 Å². The average Bonchev–Trinajstić information content (AvgIpc) is 3.23. The van der Waals surface area contributed by atoms with E-state index in [0.717, 1.165) is 0 Å². The van der Waals surface area contributed by atoms with Crippen molar-refractivity contribution in [3.05, 3.63) is 89.5 Å². The standard InChI is InChI=1S/C24H24F2N4O2/c1-29-15-12-27-22(29)21(19-4-2-3-5-20(19)26)28-23(31)16-10-13-30(14-11-16)24(32)17-6-8-18(25)9-7-17/h2-9,12,15-16,21H,10-11,13-14H2,1H3,(H,28,31). The van der Waals surface area contributed by atoms with Crippen LogP contribution in [0.15, 0.2) is 60.9 Å². The zero-order valence-electron chi connectivity index (χ0n) is 17.7. The molecule has 1 aromatic heterocycles. The fourth-order valence-electron chi connectivity index (χ4n) is 4.03. The van der Waals surface area contributed by atoms with E-state index in [4.69, 9.17) is 0 Å². The number of amides is 2. The van der Waals surface area contributed by atoms with Gasteiger partial charge in [-0.1, -0.05) is 18.2 Å². The smallest absolute Gasteiger partial charge is 0.253 e. The summed E-state index contributed by atoms with van der Waals surface area (Å²) in [5.74, 6) is -0.958. The summed E-state index contributed by atoms with van der Waals surface area (Å²) in [5, 5.41) is 2.96. The number of carbonyl (C=O) groups is 2. The molecule has 0 spiro atoms. The molecule has 0 radical (unpaired) electrons. The second-order valence-electron chi connectivity index (χ2n) is 7.93. The highest BCUT2D eigenvalue weighted by Crippen LogP contribution is 2.26. The summed E-state index contributed by atoms with van der Waals surface area (Å²) in [5.41, 5.74) is 0.766. The summed E-state index contributed by atoms with van der Waals surface area (Å²) in [6, 6.07) is 11.0. The van der Waals surface area contributed by atoms with E-state index in [9.17, 15) is 18.4 Å². The minimum Gasteiger partial charge on any atom is -0.342 e. The normalized spacial score (nSPS) is 15.4. The number of hydrogen-bond donors (Lipinski definition) is 1. The van der Waals surface area contributed by atoms with Crippen LogP contribution in [-0.2, 0) is 11.8 Å². The first-order valence-corrected chi connectivity index (χ1v) is 10.5. The first-order chi connectivity index (χ1) is 15.4. The summed E-state index contributed by atoms with van der Waals surface area (Å²) in [6.45, 7) is 0.835. The number of carbonyl (C=O) groups excluding carboxylic acids is 2. The minimum absolute atomic E-state index is 0.180. The van der Waals surface area contributed by atoms with Crippen molar-refractivity contribution >= 4 is 11.8 Å². The maximum Gasteiger partial charge on any atom is 0.253 e. The van der Waals surface area contributed by atoms with Crippen LogP contribution >= 0.6 is 0 Å². The van der Waals surface area contributed by atoms with Crippen molar-refractivity contribution < 1.29 is 18.4 Å². The van der Waals surface area contributed by atoms with Crippen molar-refractivity contribution in [2.45, 2.75) is 18.9 Å². The van der Waals surface area contributed by atoms with E-state index in [2.05, 4.69) is 10.3 Å². The van der Waals surface area contributed by atoms with Crippen LogP contribution in [0, 0.1) is 17.6 Å². The van der Waals surface area contributed by atoms with Gasteiger partial charge in [0.2, 0.25) is 5.91 Å². The van der Waals surface area contributed by atoms with E-state index in [-0.39, 0.29) is 17.7 Å². The lowest BCUT2D eigenvalue weighted by Crippen LogP contribution is -2.44. The van der Waals surface area contributed by atoms with Crippen molar-refractivity contribution in [1.82, 2.24) is 19.8 Å². The Balaban J connectivity index is 1.44. The van der Waals surface area contributed by atoms with Crippen molar-refractivity contribution in [2.75, 3.05) is 13.1 Å². The third-order valence-electron chi connectivity index (χ3n) is 5.86. The molecule has 1 saturated heterocycles. The van der Waals surface area contributed by atoms with Gasteiger partial charge in [-0.3, -0.25) is 9.59 Å². The van der Waals surface area contributed by atoms with Crippen molar-refractivity contribution in [3.63, 3.8) is 0 Å². The molecule has 1 N–H and O–H groups in total. The van der Waals surface area contributed by atoms with E-state index in [1.807, 2.05) is 0 Å². The summed E-state index contributed by atoms with van der Waals surface area (Å²) >= 11 is 0. The lowest BCUT2D eigenvalue weighted by atomic mass is 9.94. The molecule has 0 bridgehead atoms. The van der Waals surface area contributed by atoms with Gasteiger partial charge in [-0.05, 0) is 43.2 Å². The molecule has 166 valence electrons. The molecule has 1 atom stereocenters. The average molecular weight is 438 g/mol. The molecule has 6 nitrogen and oxygen atoms in total. The summed E-state index contributed by atoms with van der Waals surface area (Å²) < 4.78 is 29.4. The lowest BCUT2D eigenvalue weighted by molar-refractivity contribution is -0.126. The van der Waals surface area contributed by atoms with Gasteiger partial charge >= 0.3 is 0 Å². The van der Waals surface area contributed by atoms with Crippen LogP contribution < -0.4 is 5.32 Å². The monoisotopic (exact) mass is 438 g/mol. The predicted octanol–water partition coefficient (Wildman–Crippen LogP) is 3.46. The number of aryl methyl sites for hydroxylation is 1. The number of nitrogens with zero attached hydrogens (tertiary/aromatic N) is 3. The van der Waals surface area contributed by atoms with Gasteiger partial charge in [0.25, 0.3) is 5.91 Å². The topological polar surface area (TPSA) is 67.2 Å². The Morgan fingerprint density at radius 3 is 2.38 bits per heavy atom. The van der Waals surface area contributed by atoms with Crippen LogP contribution in [0.25, 0.3) is 0 Å². The molecular weight excluding hydrogens is 414 g/mol. The number of likely N-dealkylation sites (tertiary alicyclic amines) is 1. The highest BCUT2D eigenvalue weighted by Gasteiger charge is 2.31. The molecule has 2 aromatic carbocycles. The maximum atomic E-state index is 14.5. The fraction of sp³-hybridized carbons (Fsp3) is 0.292. The molecule has 2 amide bonds. The lowest BCUT2D eigenvalue weighted by Gasteiger charge is -2.32.